The van der Waals surface area contributed by atoms with Crippen molar-refractivity contribution in [2.75, 3.05) is 27.3 Å². The Bertz CT molecular complexity index is 605. The molecule has 1 aromatic carbocycles. The maximum Gasteiger partial charge on any atom is 0.421 e. The SMILES string of the molecule is COCCCN(C)Cn1c(=O)oc2cc(Cl)ccc21. The molecule has 19 heavy (non-hydrogen) atoms. The van der Waals surface area contributed by atoms with Crippen LogP contribution in [0.15, 0.2) is 27.4 Å². The average Bonchev–Trinajstić information content (AvgIpc) is 2.65. The van der Waals surface area contributed by atoms with Gasteiger partial charge in [0.15, 0.2) is 5.58 Å². The lowest BCUT2D eigenvalue weighted by Gasteiger charge is -2.16. The van der Waals surface area contributed by atoms with Crippen molar-refractivity contribution in [1.29, 1.82) is 0 Å². The van der Waals surface area contributed by atoms with Crippen LogP contribution in [-0.2, 0) is 11.4 Å². The molecule has 0 spiro atoms. The van der Waals surface area contributed by atoms with Gasteiger partial charge >= 0.3 is 5.76 Å². The van der Waals surface area contributed by atoms with Crippen molar-refractivity contribution in [1.82, 2.24) is 9.47 Å². The Morgan fingerprint density at radius 3 is 3.00 bits per heavy atom. The zero-order valence-electron chi connectivity index (χ0n) is 11.1. The van der Waals surface area contributed by atoms with Crippen molar-refractivity contribution in [3.63, 3.8) is 0 Å². The van der Waals surface area contributed by atoms with Crippen molar-refractivity contribution in [2.45, 2.75) is 13.1 Å². The third-order valence-electron chi connectivity index (χ3n) is 2.90. The van der Waals surface area contributed by atoms with Crippen LogP contribution in [0.5, 0.6) is 0 Å². The smallest absolute Gasteiger partial charge is 0.408 e. The maximum atomic E-state index is 11.8. The van der Waals surface area contributed by atoms with Gasteiger partial charge in [-0.25, -0.2) is 4.79 Å². The number of aromatic nitrogens is 1. The Morgan fingerprint density at radius 1 is 1.47 bits per heavy atom. The molecule has 0 saturated heterocycles. The Morgan fingerprint density at radius 2 is 2.26 bits per heavy atom. The number of methoxy groups -OCH3 is 1. The quantitative estimate of drug-likeness (QED) is 0.763. The number of hydrogen-bond acceptors (Lipinski definition) is 4. The second kappa shape index (κ2) is 6.23. The maximum absolute atomic E-state index is 11.8. The van der Waals surface area contributed by atoms with Crippen LogP contribution < -0.4 is 5.76 Å². The number of halogens is 1. The molecule has 1 aromatic heterocycles. The Hall–Kier alpha value is -1.30. The van der Waals surface area contributed by atoms with Gasteiger partial charge in [-0.3, -0.25) is 9.47 Å². The van der Waals surface area contributed by atoms with Gasteiger partial charge in [-0.05, 0) is 25.6 Å². The van der Waals surface area contributed by atoms with Crippen molar-refractivity contribution in [3.8, 4) is 0 Å². The van der Waals surface area contributed by atoms with E-state index in [2.05, 4.69) is 0 Å². The summed E-state index contributed by atoms with van der Waals surface area (Å²) in [6.07, 6.45) is 0.920. The van der Waals surface area contributed by atoms with Crippen LogP contribution in [0, 0.1) is 0 Å². The number of hydrogen-bond donors (Lipinski definition) is 0. The zero-order chi connectivity index (χ0) is 13.8. The van der Waals surface area contributed by atoms with Crippen molar-refractivity contribution >= 4 is 22.7 Å². The molecule has 0 aliphatic carbocycles. The number of rotatable bonds is 6. The van der Waals surface area contributed by atoms with E-state index in [4.69, 9.17) is 20.8 Å². The summed E-state index contributed by atoms with van der Waals surface area (Å²) in [5, 5.41) is 0.557. The molecule has 0 atom stereocenters. The first-order chi connectivity index (χ1) is 9.11. The fourth-order valence-electron chi connectivity index (χ4n) is 1.97. The average molecular weight is 285 g/mol. The summed E-state index contributed by atoms with van der Waals surface area (Å²) in [7, 11) is 3.63. The predicted octanol–water partition coefficient (Wildman–Crippen LogP) is 2.17. The Balaban J connectivity index is 2.16. The predicted molar refractivity (Wildman–Crippen MR) is 74.6 cm³/mol. The first-order valence-electron chi connectivity index (χ1n) is 6.08. The molecule has 0 radical (unpaired) electrons. The molecule has 0 aliphatic heterocycles. The topological polar surface area (TPSA) is 47.6 Å². The van der Waals surface area contributed by atoms with Crippen LogP contribution in [-0.4, -0.2) is 36.8 Å². The molecular formula is C13H17ClN2O3. The number of oxazole rings is 1. The van der Waals surface area contributed by atoms with Crippen LogP contribution in [0.1, 0.15) is 6.42 Å². The summed E-state index contributed by atoms with van der Waals surface area (Å²) in [4.78, 5) is 13.9. The van der Waals surface area contributed by atoms with Crippen LogP contribution in [0.4, 0.5) is 0 Å². The van der Waals surface area contributed by atoms with E-state index in [1.165, 1.54) is 0 Å². The van der Waals surface area contributed by atoms with E-state index >= 15 is 0 Å². The van der Waals surface area contributed by atoms with E-state index in [0.29, 0.717) is 23.9 Å². The summed E-state index contributed by atoms with van der Waals surface area (Å²) in [6, 6.07) is 5.20. The summed E-state index contributed by atoms with van der Waals surface area (Å²) in [6.45, 7) is 2.04. The van der Waals surface area contributed by atoms with E-state index < -0.39 is 0 Å². The highest BCUT2D eigenvalue weighted by molar-refractivity contribution is 6.31. The highest BCUT2D eigenvalue weighted by atomic mass is 35.5. The third kappa shape index (κ3) is 3.37. The van der Waals surface area contributed by atoms with Crippen molar-refractivity contribution < 1.29 is 9.15 Å². The van der Waals surface area contributed by atoms with Gasteiger partial charge in [0.25, 0.3) is 0 Å². The standard InChI is InChI=1S/C13H17ClN2O3/c1-15(6-3-7-18-2)9-16-11-5-4-10(14)8-12(11)19-13(16)17/h4-5,8H,3,6-7,9H2,1-2H3. The van der Waals surface area contributed by atoms with Gasteiger partial charge in [0.2, 0.25) is 0 Å². The van der Waals surface area contributed by atoms with Crippen LogP contribution >= 0.6 is 11.6 Å². The molecule has 0 aliphatic rings. The van der Waals surface area contributed by atoms with Gasteiger partial charge in [-0.15, -0.1) is 0 Å². The van der Waals surface area contributed by atoms with Crippen LogP contribution in [0.25, 0.3) is 11.1 Å². The second-order valence-corrected chi connectivity index (χ2v) is 4.91. The van der Waals surface area contributed by atoms with Gasteiger partial charge < -0.3 is 9.15 Å². The van der Waals surface area contributed by atoms with Gasteiger partial charge in [0.1, 0.15) is 0 Å². The third-order valence-corrected chi connectivity index (χ3v) is 3.14. The fraction of sp³-hybridized carbons (Fsp3) is 0.462. The highest BCUT2D eigenvalue weighted by Crippen LogP contribution is 2.18. The molecule has 0 amide bonds. The van der Waals surface area contributed by atoms with E-state index in [1.54, 1.807) is 29.9 Å². The highest BCUT2D eigenvalue weighted by Gasteiger charge is 2.11. The number of fused-ring (bicyclic) bond motifs is 1. The minimum Gasteiger partial charge on any atom is -0.408 e. The molecule has 5 nitrogen and oxygen atoms in total. The minimum atomic E-state index is -0.365. The van der Waals surface area contributed by atoms with E-state index in [0.717, 1.165) is 18.5 Å². The lowest BCUT2D eigenvalue weighted by Crippen LogP contribution is -2.28. The van der Waals surface area contributed by atoms with E-state index in [1.807, 2.05) is 11.9 Å². The first-order valence-corrected chi connectivity index (χ1v) is 6.46. The van der Waals surface area contributed by atoms with Crippen LogP contribution in [0.3, 0.4) is 0 Å². The van der Waals surface area contributed by atoms with E-state index in [-0.39, 0.29) is 5.76 Å². The molecule has 0 fully saturated rings. The molecule has 0 unspecified atom stereocenters. The lowest BCUT2D eigenvalue weighted by molar-refractivity contribution is 0.170. The molecule has 6 heteroatoms. The molecule has 0 N–H and O–H groups in total. The molecule has 2 aromatic rings. The molecule has 1 heterocycles. The molecule has 0 saturated carbocycles. The van der Waals surface area contributed by atoms with Gasteiger partial charge in [-0.2, -0.15) is 0 Å². The van der Waals surface area contributed by atoms with Gasteiger partial charge in [0, 0.05) is 31.4 Å². The second-order valence-electron chi connectivity index (χ2n) is 4.48. The number of ether oxygens (including phenoxy) is 1. The largest absolute Gasteiger partial charge is 0.421 e. The summed E-state index contributed by atoms with van der Waals surface area (Å²) >= 11 is 5.87. The monoisotopic (exact) mass is 284 g/mol. The van der Waals surface area contributed by atoms with Gasteiger partial charge in [0.05, 0.1) is 12.2 Å². The summed E-state index contributed by atoms with van der Waals surface area (Å²) < 4.78 is 11.8. The lowest BCUT2D eigenvalue weighted by atomic mass is 10.3. The zero-order valence-corrected chi connectivity index (χ0v) is 11.8. The van der Waals surface area contributed by atoms with E-state index in [9.17, 15) is 4.79 Å². The molecule has 2 rings (SSSR count). The summed E-state index contributed by atoms with van der Waals surface area (Å²) in [5.41, 5.74) is 1.27. The first kappa shape index (κ1) is 14.1. The molecule has 0 bridgehead atoms. The normalized spacial score (nSPS) is 11.6. The Labute approximate surface area is 116 Å². The summed E-state index contributed by atoms with van der Waals surface area (Å²) in [5.74, 6) is -0.365. The molecule has 104 valence electrons. The number of nitrogens with zero attached hydrogens (tertiary/aromatic N) is 2. The minimum absolute atomic E-state index is 0.365. The number of benzene rings is 1. The van der Waals surface area contributed by atoms with Crippen molar-refractivity contribution in [2.24, 2.45) is 0 Å². The Kier molecular flexibility index (Phi) is 4.63. The molecular weight excluding hydrogens is 268 g/mol. The van der Waals surface area contributed by atoms with Gasteiger partial charge in [-0.1, -0.05) is 11.6 Å². The van der Waals surface area contributed by atoms with Crippen molar-refractivity contribution in [3.05, 3.63) is 33.8 Å². The fourth-order valence-corrected chi connectivity index (χ4v) is 2.13. The van der Waals surface area contributed by atoms with Crippen LogP contribution in [0.2, 0.25) is 5.02 Å².